The lowest BCUT2D eigenvalue weighted by molar-refractivity contribution is -0.131. The molecule has 0 spiro atoms. The summed E-state index contributed by atoms with van der Waals surface area (Å²) in [5.74, 6) is 0.500. The number of anilines is 1. The van der Waals surface area contributed by atoms with Gasteiger partial charge in [0.05, 0.1) is 11.5 Å². The smallest absolute Gasteiger partial charge is 0.222 e. The number of hydrogen-bond donors (Lipinski definition) is 0. The zero-order valence-electron chi connectivity index (χ0n) is 13.7. The third-order valence-corrected chi connectivity index (χ3v) is 6.75. The van der Waals surface area contributed by atoms with Gasteiger partial charge in [0.15, 0.2) is 9.84 Å². The standard InChI is InChI=1S/C17H23FN2O3S/c18-15-2-4-16(5-3-15)19-8-10-20(11-9-19)17(21)6-1-14-7-12-24(22,23)13-14/h2-5,14H,1,6-13H2. The molecule has 7 heteroatoms. The zero-order chi connectivity index (χ0) is 17.2. The predicted molar refractivity (Wildman–Crippen MR) is 91.2 cm³/mol. The van der Waals surface area contributed by atoms with E-state index in [0.29, 0.717) is 32.4 Å². The highest BCUT2D eigenvalue weighted by atomic mass is 32.2. The summed E-state index contributed by atoms with van der Waals surface area (Å²) in [6, 6.07) is 6.41. The van der Waals surface area contributed by atoms with Gasteiger partial charge >= 0.3 is 0 Å². The summed E-state index contributed by atoms with van der Waals surface area (Å²) in [5, 5.41) is 0. The van der Waals surface area contributed by atoms with Crippen LogP contribution in [0.15, 0.2) is 24.3 Å². The molecule has 5 nitrogen and oxygen atoms in total. The molecule has 2 aliphatic rings. The lowest BCUT2D eigenvalue weighted by Crippen LogP contribution is -2.48. The highest BCUT2D eigenvalue weighted by molar-refractivity contribution is 7.91. The van der Waals surface area contributed by atoms with E-state index in [4.69, 9.17) is 0 Å². The second-order valence-corrected chi connectivity index (χ2v) is 8.88. The van der Waals surface area contributed by atoms with Crippen molar-refractivity contribution in [3.05, 3.63) is 30.1 Å². The van der Waals surface area contributed by atoms with Gasteiger partial charge in [0.2, 0.25) is 5.91 Å². The van der Waals surface area contributed by atoms with Gasteiger partial charge in [-0.1, -0.05) is 0 Å². The first-order chi connectivity index (χ1) is 11.4. The fraction of sp³-hybridized carbons (Fsp3) is 0.588. The quantitative estimate of drug-likeness (QED) is 0.826. The van der Waals surface area contributed by atoms with Gasteiger partial charge in [0.25, 0.3) is 0 Å². The van der Waals surface area contributed by atoms with Crippen LogP contribution in [0.3, 0.4) is 0 Å². The molecule has 1 aromatic rings. The summed E-state index contributed by atoms with van der Waals surface area (Å²) < 4.78 is 35.9. The molecule has 0 radical (unpaired) electrons. The van der Waals surface area contributed by atoms with E-state index in [-0.39, 0.29) is 29.1 Å². The van der Waals surface area contributed by atoms with Gasteiger partial charge in [0.1, 0.15) is 5.82 Å². The lowest BCUT2D eigenvalue weighted by atomic mass is 10.0. The molecule has 1 aromatic carbocycles. The summed E-state index contributed by atoms with van der Waals surface area (Å²) in [6.45, 7) is 2.77. The van der Waals surface area contributed by atoms with E-state index in [0.717, 1.165) is 18.8 Å². The summed E-state index contributed by atoms with van der Waals surface area (Å²) in [7, 11) is -2.87. The summed E-state index contributed by atoms with van der Waals surface area (Å²) >= 11 is 0. The Morgan fingerprint density at radius 2 is 1.79 bits per heavy atom. The van der Waals surface area contributed by atoms with Crippen LogP contribution in [0.4, 0.5) is 10.1 Å². The Kier molecular flexibility index (Phi) is 5.08. The number of hydrogen-bond acceptors (Lipinski definition) is 4. The third kappa shape index (κ3) is 4.26. The second kappa shape index (κ2) is 7.09. The summed E-state index contributed by atoms with van der Waals surface area (Å²) in [5.41, 5.74) is 0.972. The molecule has 0 saturated carbocycles. The molecule has 2 heterocycles. The van der Waals surface area contributed by atoms with Crippen molar-refractivity contribution < 1.29 is 17.6 Å². The first-order valence-corrected chi connectivity index (χ1v) is 10.2. The molecular formula is C17H23FN2O3S. The lowest BCUT2D eigenvalue weighted by Gasteiger charge is -2.36. The van der Waals surface area contributed by atoms with Crippen molar-refractivity contribution in [2.45, 2.75) is 19.3 Å². The van der Waals surface area contributed by atoms with Crippen molar-refractivity contribution in [2.24, 2.45) is 5.92 Å². The molecule has 0 N–H and O–H groups in total. The summed E-state index contributed by atoms with van der Waals surface area (Å²) in [6.07, 6.45) is 1.78. The minimum atomic E-state index is -2.87. The Morgan fingerprint density at radius 3 is 2.38 bits per heavy atom. The van der Waals surface area contributed by atoms with Gasteiger partial charge in [0, 0.05) is 38.3 Å². The Balaban J connectivity index is 1.44. The number of amides is 1. The van der Waals surface area contributed by atoms with Crippen molar-refractivity contribution in [1.29, 1.82) is 0 Å². The Labute approximate surface area is 142 Å². The third-order valence-electron chi connectivity index (χ3n) is 4.92. The van der Waals surface area contributed by atoms with Crippen LogP contribution in [0.5, 0.6) is 0 Å². The Bertz CT molecular complexity index is 682. The fourth-order valence-corrected chi connectivity index (χ4v) is 5.36. The van der Waals surface area contributed by atoms with Gasteiger partial charge in [-0.3, -0.25) is 4.79 Å². The van der Waals surface area contributed by atoms with Crippen molar-refractivity contribution in [1.82, 2.24) is 4.90 Å². The first kappa shape index (κ1) is 17.2. The van der Waals surface area contributed by atoms with Gasteiger partial charge in [-0.25, -0.2) is 12.8 Å². The normalized spacial score (nSPS) is 23.5. The van der Waals surface area contributed by atoms with Crippen LogP contribution in [0.25, 0.3) is 0 Å². The summed E-state index contributed by atoms with van der Waals surface area (Å²) in [4.78, 5) is 16.3. The maximum atomic E-state index is 13.0. The number of piperazine rings is 1. The van der Waals surface area contributed by atoms with Gasteiger partial charge in [-0.2, -0.15) is 0 Å². The van der Waals surface area contributed by atoms with E-state index in [9.17, 15) is 17.6 Å². The number of carbonyl (C=O) groups is 1. The average Bonchev–Trinajstić information content (AvgIpc) is 2.93. The number of sulfone groups is 1. The van der Waals surface area contributed by atoms with Crippen LogP contribution in [0.2, 0.25) is 0 Å². The molecule has 1 unspecified atom stereocenters. The zero-order valence-corrected chi connectivity index (χ0v) is 14.5. The van der Waals surface area contributed by atoms with Crippen LogP contribution < -0.4 is 4.90 Å². The fourth-order valence-electron chi connectivity index (χ4n) is 3.45. The number of rotatable bonds is 4. The molecule has 3 rings (SSSR count). The molecule has 1 amide bonds. The van der Waals surface area contributed by atoms with Gasteiger partial charge in [-0.05, 0) is 43.0 Å². The average molecular weight is 354 g/mol. The maximum Gasteiger partial charge on any atom is 0.222 e. The SMILES string of the molecule is O=C(CCC1CCS(=O)(=O)C1)N1CCN(c2ccc(F)cc2)CC1. The van der Waals surface area contributed by atoms with Crippen LogP contribution in [0.1, 0.15) is 19.3 Å². The van der Waals surface area contributed by atoms with Crippen molar-refractivity contribution in [3.8, 4) is 0 Å². The minimum absolute atomic E-state index is 0.109. The van der Waals surface area contributed by atoms with E-state index >= 15 is 0 Å². The minimum Gasteiger partial charge on any atom is -0.368 e. The molecule has 0 aliphatic carbocycles. The number of benzene rings is 1. The Morgan fingerprint density at radius 1 is 1.12 bits per heavy atom. The van der Waals surface area contributed by atoms with E-state index in [1.165, 1.54) is 12.1 Å². The van der Waals surface area contributed by atoms with Crippen molar-refractivity contribution >= 4 is 21.4 Å². The molecule has 1 atom stereocenters. The molecule has 24 heavy (non-hydrogen) atoms. The first-order valence-electron chi connectivity index (χ1n) is 8.42. The Hall–Kier alpha value is -1.63. The van der Waals surface area contributed by atoms with Crippen LogP contribution in [-0.4, -0.2) is 56.9 Å². The van der Waals surface area contributed by atoms with Crippen LogP contribution >= 0.6 is 0 Å². The number of halogens is 1. The second-order valence-electron chi connectivity index (χ2n) is 6.65. The van der Waals surface area contributed by atoms with Crippen molar-refractivity contribution in [3.63, 3.8) is 0 Å². The van der Waals surface area contributed by atoms with E-state index < -0.39 is 9.84 Å². The van der Waals surface area contributed by atoms with E-state index in [2.05, 4.69) is 4.90 Å². The van der Waals surface area contributed by atoms with Crippen LogP contribution in [0, 0.1) is 11.7 Å². The predicted octanol–water partition coefficient (Wildman–Crippen LogP) is 1.69. The number of carbonyl (C=O) groups excluding carboxylic acids is 1. The van der Waals surface area contributed by atoms with Gasteiger partial charge in [-0.15, -0.1) is 0 Å². The highest BCUT2D eigenvalue weighted by Gasteiger charge is 2.29. The molecule has 2 fully saturated rings. The molecule has 2 aliphatic heterocycles. The monoisotopic (exact) mass is 354 g/mol. The van der Waals surface area contributed by atoms with E-state index in [1.54, 1.807) is 12.1 Å². The van der Waals surface area contributed by atoms with Gasteiger partial charge < -0.3 is 9.80 Å². The largest absolute Gasteiger partial charge is 0.368 e. The molecule has 0 bridgehead atoms. The molecule has 0 aromatic heterocycles. The van der Waals surface area contributed by atoms with Crippen molar-refractivity contribution in [2.75, 3.05) is 42.6 Å². The number of nitrogens with zero attached hydrogens (tertiary/aromatic N) is 2. The topological polar surface area (TPSA) is 57.7 Å². The molecule has 2 saturated heterocycles. The van der Waals surface area contributed by atoms with E-state index in [1.807, 2.05) is 4.90 Å². The molecule has 132 valence electrons. The molecular weight excluding hydrogens is 331 g/mol. The maximum absolute atomic E-state index is 13.0. The van der Waals surface area contributed by atoms with Crippen LogP contribution in [-0.2, 0) is 14.6 Å². The highest BCUT2D eigenvalue weighted by Crippen LogP contribution is 2.23.